The van der Waals surface area contributed by atoms with Gasteiger partial charge in [-0.15, -0.1) is 0 Å². The largest absolute Gasteiger partial charge is 0.465 e. The Morgan fingerprint density at radius 2 is 1.78 bits per heavy atom. The third kappa shape index (κ3) is 6.63. The molecule has 0 bridgehead atoms. The van der Waals surface area contributed by atoms with Gasteiger partial charge in [0.05, 0.1) is 18.7 Å². The van der Waals surface area contributed by atoms with Crippen LogP contribution in [0.5, 0.6) is 0 Å². The summed E-state index contributed by atoms with van der Waals surface area (Å²) in [5.41, 5.74) is 3.84. The Labute approximate surface area is 243 Å². The van der Waals surface area contributed by atoms with E-state index in [0.29, 0.717) is 18.4 Å². The van der Waals surface area contributed by atoms with Crippen LogP contribution in [0.4, 0.5) is 0 Å². The number of ether oxygens (including phenoxy) is 1. The summed E-state index contributed by atoms with van der Waals surface area (Å²) in [5, 5.41) is 6.24. The number of hydrogen-bond acceptors (Lipinski definition) is 5. The van der Waals surface area contributed by atoms with Gasteiger partial charge in [-0.05, 0) is 65.5 Å². The quantitative estimate of drug-likeness (QED) is 0.485. The molecule has 0 saturated carbocycles. The van der Waals surface area contributed by atoms with Crippen LogP contribution in [-0.2, 0) is 38.5 Å². The number of benzene rings is 2. The van der Waals surface area contributed by atoms with Crippen molar-refractivity contribution in [1.82, 2.24) is 15.5 Å². The van der Waals surface area contributed by atoms with Gasteiger partial charge in [0.1, 0.15) is 12.1 Å². The molecule has 1 heterocycles. The zero-order valence-corrected chi connectivity index (χ0v) is 25.1. The highest BCUT2D eigenvalue weighted by Crippen LogP contribution is 2.32. The van der Waals surface area contributed by atoms with Crippen LogP contribution in [0.2, 0.25) is 0 Å². The highest BCUT2D eigenvalue weighted by atomic mass is 16.5. The van der Waals surface area contributed by atoms with Crippen molar-refractivity contribution in [2.45, 2.75) is 91.4 Å². The third-order valence-electron chi connectivity index (χ3n) is 8.49. The van der Waals surface area contributed by atoms with Gasteiger partial charge in [0.2, 0.25) is 17.7 Å². The van der Waals surface area contributed by atoms with Crippen molar-refractivity contribution in [3.63, 3.8) is 0 Å². The van der Waals surface area contributed by atoms with Gasteiger partial charge in [0, 0.05) is 18.9 Å². The van der Waals surface area contributed by atoms with E-state index in [1.807, 2.05) is 52.8 Å². The second-order valence-corrected chi connectivity index (χ2v) is 12.4. The standard InChI is InChI=1S/C33H43N3O5/c1-7-20(2)29(37)35-28(33(3,4)5)31(39)36-19-24-17-23(32(40)41-6)16-15-22(24)18-27(36)30(38)34-26-14-10-12-21-11-8-9-13-25(21)26/h8-9,11,13,15-17,20,26-28H,7,10,12,14,18-19H2,1-6H3,(H,34,38)(H,35,37)/t20-,26-,27+,28-/m1/s1. The maximum absolute atomic E-state index is 14.3. The van der Waals surface area contributed by atoms with Gasteiger partial charge in [-0.3, -0.25) is 14.4 Å². The molecule has 2 aliphatic rings. The minimum absolute atomic E-state index is 0.129. The Morgan fingerprint density at radius 3 is 2.46 bits per heavy atom. The molecule has 8 nitrogen and oxygen atoms in total. The number of carbonyl (C=O) groups excluding carboxylic acids is 4. The monoisotopic (exact) mass is 561 g/mol. The maximum Gasteiger partial charge on any atom is 0.337 e. The Kier molecular flexibility index (Phi) is 9.20. The van der Waals surface area contributed by atoms with Crippen molar-refractivity contribution in [2.75, 3.05) is 7.11 Å². The van der Waals surface area contributed by atoms with Crippen molar-refractivity contribution >= 4 is 23.7 Å². The topological polar surface area (TPSA) is 105 Å². The average Bonchev–Trinajstić information content (AvgIpc) is 2.97. The van der Waals surface area contributed by atoms with E-state index >= 15 is 0 Å². The molecule has 4 atom stereocenters. The molecule has 4 rings (SSSR count). The van der Waals surface area contributed by atoms with Gasteiger partial charge in [-0.25, -0.2) is 4.79 Å². The van der Waals surface area contributed by atoms with E-state index in [0.717, 1.165) is 36.0 Å². The van der Waals surface area contributed by atoms with Crippen LogP contribution < -0.4 is 10.6 Å². The molecule has 3 amide bonds. The first-order valence-electron chi connectivity index (χ1n) is 14.6. The highest BCUT2D eigenvalue weighted by Gasteiger charge is 2.43. The summed E-state index contributed by atoms with van der Waals surface area (Å²) < 4.78 is 4.90. The lowest BCUT2D eigenvalue weighted by molar-refractivity contribution is -0.147. The number of esters is 1. The second kappa shape index (κ2) is 12.5. The molecule has 8 heteroatoms. The summed E-state index contributed by atoms with van der Waals surface area (Å²) >= 11 is 0. The van der Waals surface area contributed by atoms with Gasteiger partial charge in [0.25, 0.3) is 0 Å². The van der Waals surface area contributed by atoms with E-state index in [1.54, 1.807) is 17.0 Å². The molecule has 2 N–H and O–H groups in total. The summed E-state index contributed by atoms with van der Waals surface area (Å²) in [6, 6.07) is 11.7. The number of rotatable bonds is 7. The first-order chi connectivity index (χ1) is 19.4. The van der Waals surface area contributed by atoms with Crippen LogP contribution in [0.15, 0.2) is 42.5 Å². The first-order valence-corrected chi connectivity index (χ1v) is 14.6. The second-order valence-electron chi connectivity index (χ2n) is 12.4. The number of aryl methyl sites for hydroxylation is 1. The van der Waals surface area contributed by atoms with E-state index < -0.39 is 23.5 Å². The summed E-state index contributed by atoms with van der Waals surface area (Å²) in [7, 11) is 1.33. The zero-order valence-electron chi connectivity index (χ0n) is 25.1. The van der Waals surface area contributed by atoms with Crippen LogP contribution in [-0.4, -0.2) is 47.8 Å². The Bertz CT molecular complexity index is 1310. The molecule has 1 aliphatic heterocycles. The highest BCUT2D eigenvalue weighted by molar-refractivity contribution is 5.94. The number of amides is 3. The van der Waals surface area contributed by atoms with E-state index in [1.165, 1.54) is 12.7 Å². The number of carbonyl (C=O) groups is 4. The first kappa shape index (κ1) is 30.3. The Balaban J connectivity index is 1.69. The summed E-state index contributed by atoms with van der Waals surface area (Å²) in [5.74, 6) is -1.43. The third-order valence-corrected chi connectivity index (χ3v) is 8.49. The minimum atomic E-state index is -0.833. The van der Waals surface area contributed by atoms with Crippen molar-refractivity contribution < 1.29 is 23.9 Å². The molecule has 41 heavy (non-hydrogen) atoms. The van der Waals surface area contributed by atoms with E-state index in [4.69, 9.17) is 4.74 Å². The molecule has 0 fully saturated rings. The van der Waals surface area contributed by atoms with Gasteiger partial charge in [-0.2, -0.15) is 0 Å². The lowest BCUT2D eigenvalue weighted by Gasteiger charge is -2.42. The van der Waals surface area contributed by atoms with Crippen LogP contribution in [0.1, 0.15) is 92.5 Å². The fourth-order valence-electron chi connectivity index (χ4n) is 5.75. The van der Waals surface area contributed by atoms with Crippen LogP contribution >= 0.6 is 0 Å². The fourth-order valence-corrected chi connectivity index (χ4v) is 5.75. The normalized spacial score (nSPS) is 19.7. The molecule has 0 aromatic heterocycles. The van der Waals surface area contributed by atoms with Crippen molar-refractivity contribution in [3.05, 3.63) is 70.3 Å². The van der Waals surface area contributed by atoms with Gasteiger partial charge >= 0.3 is 5.97 Å². The average molecular weight is 562 g/mol. The summed E-state index contributed by atoms with van der Waals surface area (Å²) in [6.07, 6.45) is 3.74. The smallest absolute Gasteiger partial charge is 0.337 e. The molecule has 0 unspecified atom stereocenters. The molecule has 1 aliphatic carbocycles. The molecule has 0 saturated heterocycles. The number of nitrogens with zero attached hydrogens (tertiary/aromatic N) is 1. The molecule has 2 aromatic rings. The number of hydrogen-bond donors (Lipinski definition) is 2. The lowest BCUT2D eigenvalue weighted by Crippen LogP contribution is -2.61. The van der Waals surface area contributed by atoms with Crippen LogP contribution in [0.3, 0.4) is 0 Å². The summed E-state index contributed by atoms with van der Waals surface area (Å²) in [4.78, 5) is 55.1. The number of nitrogens with one attached hydrogen (secondary N) is 2. The van der Waals surface area contributed by atoms with Crippen LogP contribution in [0.25, 0.3) is 0 Å². The van der Waals surface area contributed by atoms with Gasteiger partial charge in [-0.1, -0.05) is 65.0 Å². The predicted molar refractivity (Wildman–Crippen MR) is 157 cm³/mol. The van der Waals surface area contributed by atoms with Gasteiger partial charge < -0.3 is 20.3 Å². The zero-order chi connectivity index (χ0) is 29.9. The molecule has 0 spiro atoms. The van der Waals surface area contributed by atoms with Gasteiger partial charge in [0.15, 0.2) is 0 Å². The van der Waals surface area contributed by atoms with E-state index in [2.05, 4.69) is 22.8 Å². The number of fused-ring (bicyclic) bond motifs is 2. The van der Waals surface area contributed by atoms with E-state index in [9.17, 15) is 19.2 Å². The molecule has 220 valence electrons. The summed E-state index contributed by atoms with van der Waals surface area (Å²) in [6.45, 7) is 9.64. The maximum atomic E-state index is 14.3. The van der Waals surface area contributed by atoms with Crippen molar-refractivity contribution in [1.29, 1.82) is 0 Å². The lowest BCUT2D eigenvalue weighted by atomic mass is 9.83. The predicted octanol–water partition coefficient (Wildman–Crippen LogP) is 4.50. The minimum Gasteiger partial charge on any atom is -0.465 e. The number of methoxy groups -OCH3 is 1. The molecule has 0 radical (unpaired) electrons. The Hall–Kier alpha value is -3.68. The molecular weight excluding hydrogens is 518 g/mol. The van der Waals surface area contributed by atoms with E-state index in [-0.39, 0.29) is 36.2 Å². The molecular formula is C33H43N3O5. The van der Waals surface area contributed by atoms with Crippen molar-refractivity contribution in [2.24, 2.45) is 11.3 Å². The molecule has 2 aromatic carbocycles. The SMILES string of the molecule is CC[C@@H](C)C(=O)N[C@H](C(=O)N1Cc2cc(C(=O)OC)ccc2C[C@H]1C(=O)N[C@@H]1CCCc2ccccc21)C(C)(C)C. The fraction of sp³-hybridized carbons (Fsp3) is 0.515. The van der Waals surface area contributed by atoms with Crippen molar-refractivity contribution in [3.8, 4) is 0 Å². The van der Waals surface area contributed by atoms with Crippen LogP contribution in [0, 0.1) is 11.3 Å². The Morgan fingerprint density at radius 1 is 1.05 bits per heavy atom.